The Balaban J connectivity index is 1.76. The first kappa shape index (κ1) is 12.8. The lowest BCUT2D eigenvalue weighted by Crippen LogP contribution is -2.35. The molecule has 2 rings (SSSR count). The summed E-state index contributed by atoms with van der Waals surface area (Å²) in [6.07, 6.45) is 8.52. The highest BCUT2D eigenvalue weighted by Gasteiger charge is 2.21. The molecule has 1 atom stereocenters. The molecule has 0 fully saturated rings. The van der Waals surface area contributed by atoms with Crippen LogP contribution in [0.25, 0.3) is 0 Å². The summed E-state index contributed by atoms with van der Waals surface area (Å²) in [5.41, 5.74) is 0.263. The summed E-state index contributed by atoms with van der Waals surface area (Å²) in [4.78, 5) is 1.48. The van der Waals surface area contributed by atoms with Crippen LogP contribution >= 0.6 is 11.3 Å². The zero-order valence-electron chi connectivity index (χ0n) is 10.9. The minimum Gasteiger partial charge on any atom is -0.316 e. The normalized spacial score (nSPS) is 20.7. The summed E-state index contributed by atoms with van der Waals surface area (Å²) >= 11 is 1.86. The summed E-state index contributed by atoms with van der Waals surface area (Å²) < 4.78 is 0. The molecule has 0 saturated carbocycles. The van der Waals surface area contributed by atoms with E-state index in [1.54, 1.807) is 0 Å². The van der Waals surface area contributed by atoms with Crippen LogP contribution in [-0.4, -0.2) is 13.1 Å². The Morgan fingerprint density at radius 3 is 2.94 bits per heavy atom. The Bertz CT molecular complexity index is 351. The van der Waals surface area contributed by atoms with Gasteiger partial charge in [-0.05, 0) is 43.2 Å². The van der Waals surface area contributed by atoms with Crippen molar-refractivity contribution < 1.29 is 0 Å². The fraction of sp³-hybridized carbons (Fsp3) is 0.600. The van der Waals surface area contributed by atoms with Gasteiger partial charge in [0.1, 0.15) is 0 Å². The van der Waals surface area contributed by atoms with E-state index in [1.807, 2.05) is 11.3 Å². The number of allylic oxidation sites excluding steroid dienone is 2. The number of thiophene rings is 1. The average Bonchev–Trinajstić information content (AvgIpc) is 2.84. The number of hydrogen-bond acceptors (Lipinski definition) is 2. The number of hydrogen-bond donors (Lipinski definition) is 1. The highest BCUT2D eigenvalue weighted by Crippen LogP contribution is 2.26. The first-order valence-electron chi connectivity index (χ1n) is 6.58. The third-order valence-corrected chi connectivity index (χ3v) is 4.80. The molecule has 1 aromatic heterocycles. The lowest BCUT2D eigenvalue weighted by atomic mass is 9.90. The zero-order valence-corrected chi connectivity index (χ0v) is 11.7. The lowest BCUT2D eigenvalue weighted by Gasteiger charge is -2.26. The van der Waals surface area contributed by atoms with Gasteiger partial charge in [0.25, 0.3) is 0 Å². The first-order valence-corrected chi connectivity index (χ1v) is 7.46. The molecule has 0 aliphatic heterocycles. The van der Waals surface area contributed by atoms with E-state index in [2.05, 4.69) is 48.8 Å². The Morgan fingerprint density at radius 2 is 2.29 bits per heavy atom. The third kappa shape index (κ3) is 3.68. The molecule has 1 unspecified atom stereocenters. The van der Waals surface area contributed by atoms with E-state index in [1.165, 1.54) is 30.7 Å². The van der Waals surface area contributed by atoms with Gasteiger partial charge < -0.3 is 5.32 Å². The van der Waals surface area contributed by atoms with Crippen molar-refractivity contribution in [2.45, 2.75) is 38.5 Å². The van der Waals surface area contributed by atoms with Crippen molar-refractivity contribution in [1.29, 1.82) is 0 Å². The molecule has 0 aromatic carbocycles. The largest absolute Gasteiger partial charge is 0.316 e. The molecular formula is C15H23NS. The maximum Gasteiger partial charge on any atom is 0.0115 e. The van der Waals surface area contributed by atoms with Gasteiger partial charge in [0.15, 0.2) is 0 Å². The van der Waals surface area contributed by atoms with Gasteiger partial charge in [0.2, 0.25) is 0 Å². The molecule has 94 valence electrons. The molecular weight excluding hydrogens is 226 g/mol. The van der Waals surface area contributed by atoms with Crippen molar-refractivity contribution in [2.24, 2.45) is 5.92 Å². The minimum atomic E-state index is 0.263. The third-order valence-electron chi connectivity index (χ3n) is 3.57. The molecule has 0 amide bonds. The van der Waals surface area contributed by atoms with Crippen LogP contribution in [0.1, 0.15) is 38.0 Å². The molecule has 2 heteroatoms. The monoisotopic (exact) mass is 249 g/mol. The second kappa shape index (κ2) is 5.83. The summed E-state index contributed by atoms with van der Waals surface area (Å²) in [7, 11) is 0. The van der Waals surface area contributed by atoms with Crippen molar-refractivity contribution in [3.63, 3.8) is 0 Å². The fourth-order valence-corrected chi connectivity index (χ4v) is 3.23. The van der Waals surface area contributed by atoms with Crippen LogP contribution in [0.3, 0.4) is 0 Å². The smallest absolute Gasteiger partial charge is 0.0115 e. The predicted molar refractivity (Wildman–Crippen MR) is 76.7 cm³/mol. The molecule has 1 aliphatic rings. The van der Waals surface area contributed by atoms with Gasteiger partial charge >= 0.3 is 0 Å². The predicted octanol–water partition coefficient (Wildman–Crippen LogP) is 3.97. The minimum absolute atomic E-state index is 0.263. The van der Waals surface area contributed by atoms with Gasteiger partial charge in [-0.3, -0.25) is 0 Å². The summed E-state index contributed by atoms with van der Waals surface area (Å²) in [6.45, 7) is 6.89. The highest BCUT2D eigenvalue weighted by molar-refractivity contribution is 7.10. The van der Waals surface area contributed by atoms with E-state index in [0.717, 1.165) is 12.5 Å². The SMILES string of the molecule is CC(C)(CNCC1CC=CCC1)c1cccs1. The van der Waals surface area contributed by atoms with E-state index < -0.39 is 0 Å². The van der Waals surface area contributed by atoms with E-state index in [9.17, 15) is 0 Å². The fourth-order valence-electron chi connectivity index (χ4n) is 2.38. The van der Waals surface area contributed by atoms with Crippen LogP contribution in [0.4, 0.5) is 0 Å². The van der Waals surface area contributed by atoms with Gasteiger partial charge in [0, 0.05) is 16.8 Å². The van der Waals surface area contributed by atoms with E-state index in [-0.39, 0.29) is 5.41 Å². The Hall–Kier alpha value is -0.600. The quantitative estimate of drug-likeness (QED) is 0.779. The van der Waals surface area contributed by atoms with Crippen molar-refractivity contribution in [3.8, 4) is 0 Å². The van der Waals surface area contributed by atoms with Gasteiger partial charge in [-0.2, -0.15) is 0 Å². The van der Waals surface area contributed by atoms with Crippen LogP contribution in [0, 0.1) is 5.92 Å². The van der Waals surface area contributed by atoms with Crippen molar-refractivity contribution >= 4 is 11.3 Å². The van der Waals surface area contributed by atoms with Gasteiger partial charge in [-0.1, -0.05) is 32.1 Å². The number of rotatable bonds is 5. The van der Waals surface area contributed by atoms with E-state index in [0.29, 0.717) is 0 Å². The highest BCUT2D eigenvalue weighted by atomic mass is 32.1. The average molecular weight is 249 g/mol. The summed E-state index contributed by atoms with van der Waals surface area (Å²) in [5, 5.41) is 5.83. The molecule has 1 aromatic rings. The van der Waals surface area contributed by atoms with Crippen LogP contribution in [0.5, 0.6) is 0 Å². The van der Waals surface area contributed by atoms with Gasteiger partial charge in [-0.15, -0.1) is 11.3 Å². The Kier molecular flexibility index (Phi) is 4.41. The van der Waals surface area contributed by atoms with E-state index >= 15 is 0 Å². The first-order chi connectivity index (χ1) is 8.18. The molecule has 1 heterocycles. The van der Waals surface area contributed by atoms with Gasteiger partial charge in [0.05, 0.1) is 0 Å². The van der Waals surface area contributed by atoms with Crippen LogP contribution < -0.4 is 5.32 Å². The van der Waals surface area contributed by atoms with Crippen molar-refractivity contribution in [1.82, 2.24) is 5.32 Å². The second-order valence-corrected chi connectivity index (χ2v) is 6.59. The maximum atomic E-state index is 3.66. The Morgan fingerprint density at radius 1 is 1.41 bits per heavy atom. The molecule has 0 radical (unpaired) electrons. The zero-order chi connectivity index (χ0) is 12.1. The van der Waals surface area contributed by atoms with Crippen molar-refractivity contribution in [2.75, 3.05) is 13.1 Å². The second-order valence-electron chi connectivity index (χ2n) is 5.64. The molecule has 0 saturated heterocycles. The van der Waals surface area contributed by atoms with Crippen LogP contribution in [0.15, 0.2) is 29.7 Å². The molecule has 1 N–H and O–H groups in total. The van der Waals surface area contributed by atoms with Crippen LogP contribution in [0.2, 0.25) is 0 Å². The maximum absolute atomic E-state index is 3.66. The lowest BCUT2D eigenvalue weighted by molar-refractivity contribution is 0.402. The van der Waals surface area contributed by atoms with Gasteiger partial charge in [-0.25, -0.2) is 0 Å². The summed E-state index contributed by atoms with van der Waals surface area (Å²) in [5.74, 6) is 0.846. The van der Waals surface area contributed by atoms with Crippen LogP contribution in [-0.2, 0) is 5.41 Å². The molecule has 1 aliphatic carbocycles. The molecule has 17 heavy (non-hydrogen) atoms. The molecule has 1 nitrogen and oxygen atoms in total. The van der Waals surface area contributed by atoms with E-state index in [4.69, 9.17) is 0 Å². The topological polar surface area (TPSA) is 12.0 Å². The standard InChI is InChI=1S/C15H23NS/c1-15(2,14-9-6-10-17-14)12-16-11-13-7-4-3-5-8-13/h3-4,6,9-10,13,16H,5,7-8,11-12H2,1-2H3. The molecule has 0 bridgehead atoms. The summed E-state index contributed by atoms with van der Waals surface area (Å²) in [6, 6.07) is 4.39. The molecule has 0 spiro atoms. The number of nitrogens with one attached hydrogen (secondary N) is 1. The van der Waals surface area contributed by atoms with Crippen molar-refractivity contribution in [3.05, 3.63) is 34.5 Å². The Labute approximate surface area is 109 Å².